The maximum atomic E-state index is 14.1. The number of benzene rings is 3. The van der Waals surface area contributed by atoms with Crippen LogP contribution in [0.25, 0.3) is 11.0 Å². The molecule has 9 nitrogen and oxygen atoms in total. The van der Waals surface area contributed by atoms with Crippen molar-refractivity contribution in [2.45, 2.75) is 52.2 Å². The van der Waals surface area contributed by atoms with Crippen LogP contribution in [0.2, 0.25) is 0 Å². The first-order valence-electron chi connectivity index (χ1n) is 13.1. The van der Waals surface area contributed by atoms with Gasteiger partial charge in [0.25, 0.3) is 0 Å². The quantitative estimate of drug-likeness (QED) is 0.296. The van der Waals surface area contributed by atoms with Gasteiger partial charge in [-0.2, -0.15) is 0 Å². The Kier molecular flexibility index (Phi) is 8.49. The number of amides is 2. The lowest BCUT2D eigenvalue weighted by molar-refractivity contribution is -0.128. The highest BCUT2D eigenvalue weighted by Gasteiger charge is 2.35. The molecule has 9 heteroatoms. The van der Waals surface area contributed by atoms with Crippen molar-refractivity contribution in [3.05, 3.63) is 78.4 Å². The third kappa shape index (κ3) is 6.37. The lowest BCUT2D eigenvalue weighted by Gasteiger charge is -2.34. The van der Waals surface area contributed by atoms with Gasteiger partial charge in [0.2, 0.25) is 11.8 Å². The van der Waals surface area contributed by atoms with Crippen LogP contribution in [0.4, 0.5) is 5.69 Å². The standard InChI is InChI=1S/C30H35N5O4/c1-6-30(3,4)31-29(37)28(21-12-16-23(38-5)17-13-21)35(22-14-18-24(19-15-22)39-7-2)27(36)20-34-26-11-9-8-10-25(26)32-33-34/h8-19,28H,6-7,20H2,1-5H3,(H,31,37)/t28-/m0/s1. The Morgan fingerprint density at radius 2 is 1.64 bits per heavy atom. The molecule has 0 fully saturated rings. The van der Waals surface area contributed by atoms with Gasteiger partial charge in [-0.05, 0) is 81.3 Å². The van der Waals surface area contributed by atoms with Gasteiger partial charge in [0.1, 0.15) is 29.6 Å². The normalized spacial score (nSPS) is 12.1. The number of carbonyl (C=O) groups excluding carboxylic acids is 2. The van der Waals surface area contributed by atoms with Crippen LogP contribution in [-0.2, 0) is 16.1 Å². The highest BCUT2D eigenvalue weighted by atomic mass is 16.5. The van der Waals surface area contributed by atoms with Crippen LogP contribution >= 0.6 is 0 Å². The van der Waals surface area contributed by atoms with Crippen molar-refractivity contribution in [1.29, 1.82) is 0 Å². The van der Waals surface area contributed by atoms with E-state index in [2.05, 4.69) is 15.6 Å². The highest BCUT2D eigenvalue weighted by Crippen LogP contribution is 2.32. The summed E-state index contributed by atoms with van der Waals surface area (Å²) in [6.45, 7) is 8.25. The summed E-state index contributed by atoms with van der Waals surface area (Å²) in [6.07, 6.45) is 0.718. The summed E-state index contributed by atoms with van der Waals surface area (Å²) in [7, 11) is 1.58. The van der Waals surface area contributed by atoms with Gasteiger partial charge in [-0.3, -0.25) is 14.5 Å². The number of nitrogens with one attached hydrogen (secondary N) is 1. The van der Waals surface area contributed by atoms with Gasteiger partial charge in [-0.15, -0.1) is 5.10 Å². The Morgan fingerprint density at radius 3 is 2.28 bits per heavy atom. The summed E-state index contributed by atoms with van der Waals surface area (Å²) in [4.78, 5) is 29.6. The molecule has 1 heterocycles. The number of ether oxygens (including phenoxy) is 2. The van der Waals surface area contributed by atoms with Crippen molar-refractivity contribution in [3.63, 3.8) is 0 Å². The summed E-state index contributed by atoms with van der Waals surface area (Å²) in [5.74, 6) is 0.714. The summed E-state index contributed by atoms with van der Waals surface area (Å²) in [6, 6.07) is 20.8. The number of hydrogen-bond donors (Lipinski definition) is 1. The minimum absolute atomic E-state index is 0.106. The first kappa shape index (κ1) is 27.6. The topological polar surface area (TPSA) is 98.6 Å². The van der Waals surface area contributed by atoms with Gasteiger partial charge in [0.15, 0.2) is 0 Å². The van der Waals surface area contributed by atoms with Crippen LogP contribution in [0.1, 0.15) is 45.7 Å². The molecule has 0 radical (unpaired) electrons. The fourth-order valence-electron chi connectivity index (χ4n) is 4.24. The molecule has 1 N–H and O–H groups in total. The first-order valence-corrected chi connectivity index (χ1v) is 13.1. The molecule has 2 amide bonds. The van der Waals surface area contributed by atoms with Crippen molar-refractivity contribution in [2.75, 3.05) is 18.6 Å². The van der Waals surface area contributed by atoms with Crippen molar-refractivity contribution in [2.24, 2.45) is 0 Å². The summed E-state index contributed by atoms with van der Waals surface area (Å²) in [5, 5.41) is 11.5. The third-order valence-corrected chi connectivity index (χ3v) is 6.68. The van der Waals surface area contributed by atoms with E-state index in [-0.39, 0.29) is 18.4 Å². The molecule has 1 atom stereocenters. The van der Waals surface area contributed by atoms with E-state index in [0.717, 1.165) is 11.9 Å². The van der Waals surface area contributed by atoms with Crippen LogP contribution in [0.5, 0.6) is 11.5 Å². The number of rotatable bonds is 11. The molecule has 4 aromatic rings. The number of aromatic nitrogens is 3. The Labute approximate surface area is 228 Å². The number of carbonyl (C=O) groups is 2. The fraction of sp³-hybridized carbons (Fsp3) is 0.333. The second-order valence-corrected chi connectivity index (χ2v) is 9.83. The number of anilines is 1. The predicted octanol–water partition coefficient (Wildman–Crippen LogP) is 4.92. The molecule has 4 rings (SSSR count). The van der Waals surface area contributed by atoms with E-state index in [0.29, 0.717) is 34.9 Å². The lowest BCUT2D eigenvalue weighted by Crippen LogP contribution is -2.51. The zero-order valence-corrected chi connectivity index (χ0v) is 23.0. The van der Waals surface area contributed by atoms with E-state index >= 15 is 0 Å². The predicted molar refractivity (Wildman–Crippen MR) is 151 cm³/mol. The molecule has 0 saturated heterocycles. The van der Waals surface area contributed by atoms with Crippen molar-refractivity contribution in [1.82, 2.24) is 20.3 Å². The van der Waals surface area contributed by atoms with E-state index in [4.69, 9.17) is 9.47 Å². The van der Waals surface area contributed by atoms with Gasteiger partial charge < -0.3 is 14.8 Å². The number of nitrogens with zero attached hydrogens (tertiary/aromatic N) is 4. The average Bonchev–Trinajstić information content (AvgIpc) is 3.34. The van der Waals surface area contributed by atoms with Crippen LogP contribution < -0.4 is 19.7 Å². The molecule has 0 aliphatic heterocycles. The molecule has 0 aliphatic carbocycles. The largest absolute Gasteiger partial charge is 0.497 e. The SMILES string of the molecule is CCOc1ccc(N(C(=O)Cn2nnc3ccccc32)[C@H](C(=O)NC(C)(C)CC)c2ccc(OC)cc2)cc1. The second-order valence-electron chi connectivity index (χ2n) is 9.83. The smallest absolute Gasteiger partial charge is 0.249 e. The van der Waals surface area contributed by atoms with E-state index in [1.165, 1.54) is 4.90 Å². The van der Waals surface area contributed by atoms with Crippen molar-refractivity contribution < 1.29 is 19.1 Å². The number of fused-ring (bicyclic) bond motifs is 1. The molecule has 0 unspecified atom stereocenters. The van der Waals surface area contributed by atoms with E-state index in [1.54, 1.807) is 48.2 Å². The molecular formula is C30H35N5O4. The second kappa shape index (κ2) is 12.0. The zero-order valence-electron chi connectivity index (χ0n) is 23.0. The Morgan fingerprint density at radius 1 is 0.974 bits per heavy atom. The van der Waals surface area contributed by atoms with Gasteiger partial charge >= 0.3 is 0 Å². The summed E-state index contributed by atoms with van der Waals surface area (Å²) < 4.78 is 12.5. The van der Waals surface area contributed by atoms with Crippen LogP contribution in [-0.4, -0.2) is 46.1 Å². The number of methoxy groups -OCH3 is 1. The minimum atomic E-state index is -0.957. The molecule has 0 bridgehead atoms. The van der Waals surface area contributed by atoms with Crippen molar-refractivity contribution in [3.8, 4) is 11.5 Å². The van der Waals surface area contributed by atoms with E-state index < -0.39 is 11.6 Å². The Bertz CT molecular complexity index is 1410. The molecule has 39 heavy (non-hydrogen) atoms. The Balaban J connectivity index is 1.81. The molecule has 1 aromatic heterocycles. The maximum Gasteiger partial charge on any atom is 0.249 e. The number of hydrogen-bond acceptors (Lipinski definition) is 6. The van der Waals surface area contributed by atoms with Gasteiger partial charge in [-0.1, -0.05) is 36.4 Å². The van der Waals surface area contributed by atoms with Gasteiger partial charge in [-0.25, -0.2) is 4.68 Å². The minimum Gasteiger partial charge on any atom is -0.497 e. The van der Waals surface area contributed by atoms with Crippen LogP contribution in [0.3, 0.4) is 0 Å². The molecular weight excluding hydrogens is 494 g/mol. The zero-order chi connectivity index (χ0) is 28.0. The first-order chi connectivity index (χ1) is 18.8. The fourth-order valence-corrected chi connectivity index (χ4v) is 4.24. The lowest BCUT2D eigenvalue weighted by atomic mass is 9.98. The summed E-state index contributed by atoms with van der Waals surface area (Å²) in [5.41, 5.74) is 2.14. The molecule has 204 valence electrons. The molecule has 0 aliphatic rings. The highest BCUT2D eigenvalue weighted by molar-refractivity contribution is 6.01. The van der Waals surface area contributed by atoms with Gasteiger partial charge in [0.05, 0.1) is 19.2 Å². The molecule has 0 saturated carbocycles. The Hall–Kier alpha value is -4.40. The molecule has 0 spiro atoms. The number of para-hydroxylation sites is 1. The van der Waals surface area contributed by atoms with Gasteiger partial charge in [0, 0.05) is 11.2 Å². The monoisotopic (exact) mass is 529 g/mol. The van der Waals surface area contributed by atoms with Crippen LogP contribution in [0.15, 0.2) is 72.8 Å². The maximum absolute atomic E-state index is 14.1. The average molecular weight is 530 g/mol. The van der Waals surface area contributed by atoms with Crippen LogP contribution in [0, 0.1) is 0 Å². The third-order valence-electron chi connectivity index (χ3n) is 6.68. The summed E-state index contributed by atoms with van der Waals surface area (Å²) >= 11 is 0. The van der Waals surface area contributed by atoms with E-state index in [9.17, 15) is 9.59 Å². The van der Waals surface area contributed by atoms with E-state index in [1.807, 2.05) is 64.1 Å². The van der Waals surface area contributed by atoms with Crippen molar-refractivity contribution >= 4 is 28.5 Å². The molecule has 3 aromatic carbocycles.